The first-order valence-electron chi connectivity index (χ1n) is 8.88. The van der Waals surface area contributed by atoms with Gasteiger partial charge in [-0.25, -0.2) is 14.4 Å². The first kappa shape index (κ1) is 18.9. The summed E-state index contributed by atoms with van der Waals surface area (Å²) in [6.45, 7) is 4.61. The van der Waals surface area contributed by atoms with Gasteiger partial charge in [-0.1, -0.05) is 18.2 Å². The zero-order chi connectivity index (χ0) is 19.4. The molecule has 0 fully saturated rings. The second-order valence-corrected chi connectivity index (χ2v) is 6.73. The van der Waals surface area contributed by atoms with Gasteiger partial charge >= 0.3 is 0 Å². The number of hydrogen-bond acceptors (Lipinski definition) is 5. The van der Waals surface area contributed by atoms with Crippen molar-refractivity contribution in [3.63, 3.8) is 0 Å². The molecular weight excluding hydrogens is 341 g/mol. The summed E-state index contributed by atoms with van der Waals surface area (Å²) in [6, 6.07) is 12.4. The molecule has 1 N–H and O–H groups in total. The Hall–Kier alpha value is -2.86. The predicted molar refractivity (Wildman–Crippen MR) is 106 cm³/mol. The van der Waals surface area contributed by atoms with Crippen LogP contribution in [0.3, 0.4) is 0 Å². The van der Waals surface area contributed by atoms with E-state index in [1.807, 2.05) is 58.3 Å². The average Bonchev–Trinajstić information content (AvgIpc) is 2.67. The Morgan fingerprint density at radius 3 is 2.41 bits per heavy atom. The molecule has 0 saturated heterocycles. The molecule has 140 valence electrons. The van der Waals surface area contributed by atoms with Crippen molar-refractivity contribution in [3.8, 4) is 11.5 Å². The van der Waals surface area contributed by atoms with Gasteiger partial charge in [-0.15, -0.1) is 0 Å². The Kier molecular flexibility index (Phi) is 5.76. The lowest BCUT2D eigenvalue weighted by Gasteiger charge is -2.26. The number of anilines is 1. The number of likely N-dealkylation sites (N-methyl/N-ethyl adjacent to an activating group) is 1. The average molecular weight is 365 g/mol. The van der Waals surface area contributed by atoms with Crippen molar-refractivity contribution >= 4 is 5.82 Å². The van der Waals surface area contributed by atoms with Crippen molar-refractivity contribution < 1.29 is 4.39 Å². The van der Waals surface area contributed by atoms with Gasteiger partial charge in [-0.2, -0.15) is 0 Å². The monoisotopic (exact) mass is 365 g/mol. The normalized spacial score (nSPS) is 12.2. The van der Waals surface area contributed by atoms with Crippen LogP contribution in [0.4, 0.5) is 10.2 Å². The number of hydrogen-bond donors (Lipinski definition) is 1. The summed E-state index contributed by atoms with van der Waals surface area (Å²) in [6.07, 6.45) is 1.73. The van der Waals surface area contributed by atoms with Crippen LogP contribution in [0.25, 0.3) is 11.5 Å². The van der Waals surface area contributed by atoms with E-state index in [4.69, 9.17) is 0 Å². The quantitative estimate of drug-likeness (QED) is 0.715. The van der Waals surface area contributed by atoms with Crippen molar-refractivity contribution in [1.29, 1.82) is 0 Å². The Labute approximate surface area is 159 Å². The lowest BCUT2D eigenvalue weighted by molar-refractivity contribution is 0.311. The molecular formula is C21H24FN5. The molecule has 0 bridgehead atoms. The van der Waals surface area contributed by atoms with Crippen LogP contribution in [0.5, 0.6) is 0 Å². The van der Waals surface area contributed by atoms with Crippen molar-refractivity contribution in [2.24, 2.45) is 0 Å². The van der Waals surface area contributed by atoms with Crippen LogP contribution >= 0.6 is 0 Å². The summed E-state index contributed by atoms with van der Waals surface area (Å²) in [5, 5.41) is 3.44. The molecule has 1 aromatic carbocycles. The smallest absolute Gasteiger partial charge is 0.180 e. The van der Waals surface area contributed by atoms with E-state index in [9.17, 15) is 4.39 Å². The molecule has 6 heteroatoms. The number of nitrogens with zero attached hydrogens (tertiary/aromatic N) is 4. The Morgan fingerprint density at radius 1 is 1.04 bits per heavy atom. The molecule has 1 atom stereocenters. The maximum atomic E-state index is 13.3. The first-order valence-corrected chi connectivity index (χ1v) is 8.88. The maximum absolute atomic E-state index is 13.3. The second-order valence-electron chi connectivity index (χ2n) is 6.73. The van der Waals surface area contributed by atoms with Crippen LogP contribution < -0.4 is 5.32 Å². The molecule has 0 saturated carbocycles. The van der Waals surface area contributed by atoms with Gasteiger partial charge in [-0.05, 0) is 57.8 Å². The maximum Gasteiger partial charge on any atom is 0.180 e. The van der Waals surface area contributed by atoms with E-state index in [0.717, 1.165) is 28.3 Å². The third-order valence-electron chi connectivity index (χ3n) is 4.62. The minimum atomic E-state index is -0.230. The molecule has 3 aromatic rings. The molecule has 0 aliphatic carbocycles. The van der Waals surface area contributed by atoms with Crippen LogP contribution in [0, 0.1) is 19.7 Å². The summed E-state index contributed by atoms with van der Waals surface area (Å²) in [5.41, 5.74) is 3.70. The molecule has 0 amide bonds. The van der Waals surface area contributed by atoms with E-state index in [-0.39, 0.29) is 11.9 Å². The SMILES string of the molecule is Cc1nc(-c2ccccn2)nc(NCC(c2ccc(F)cc2)N(C)C)c1C. The Balaban J connectivity index is 1.85. The predicted octanol–water partition coefficient (Wildman–Crippen LogP) is 4.01. The Morgan fingerprint density at radius 2 is 1.78 bits per heavy atom. The van der Waals surface area contributed by atoms with E-state index in [1.54, 1.807) is 6.20 Å². The second kappa shape index (κ2) is 8.22. The third-order valence-corrected chi connectivity index (χ3v) is 4.62. The van der Waals surface area contributed by atoms with Crippen molar-refractivity contribution in [1.82, 2.24) is 19.9 Å². The van der Waals surface area contributed by atoms with E-state index >= 15 is 0 Å². The number of pyridine rings is 1. The zero-order valence-electron chi connectivity index (χ0n) is 16.1. The van der Waals surface area contributed by atoms with Gasteiger partial charge in [-0.3, -0.25) is 4.98 Å². The van der Waals surface area contributed by atoms with Gasteiger partial charge in [0.2, 0.25) is 0 Å². The van der Waals surface area contributed by atoms with Gasteiger partial charge in [0, 0.05) is 24.0 Å². The largest absolute Gasteiger partial charge is 0.368 e. The molecule has 0 aliphatic rings. The van der Waals surface area contributed by atoms with E-state index in [1.165, 1.54) is 12.1 Å². The fourth-order valence-electron chi connectivity index (χ4n) is 2.89. The molecule has 0 aliphatic heterocycles. The van der Waals surface area contributed by atoms with Crippen LogP contribution in [0.2, 0.25) is 0 Å². The lowest BCUT2D eigenvalue weighted by Crippen LogP contribution is -2.27. The number of benzene rings is 1. The zero-order valence-corrected chi connectivity index (χ0v) is 16.1. The van der Waals surface area contributed by atoms with Gasteiger partial charge in [0.15, 0.2) is 5.82 Å². The summed E-state index contributed by atoms with van der Waals surface area (Å²) < 4.78 is 13.3. The van der Waals surface area contributed by atoms with Crippen LogP contribution in [0.15, 0.2) is 48.7 Å². The van der Waals surface area contributed by atoms with Crippen molar-refractivity contribution in [2.45, 2.75) is 19.9 Å². The van der Waals surface area contributed by atoms with Gasteiger partial charge < -0.3 is 10.2 Å². The molecule has 1 unspecified atom stereocenters. The van der Waals surface area contributed by atoms with Crippen molar-refractivity contribution in [3.05, 3.63) is 71.3 Å². The topological polar surface area (TPSA) is 53.9 Å². The molecule has 0 radical (unpaired) electrons. The molecule has 5 nitrogen and oxygen atoms in total. The standard InChI is InChI=1S/C21H24FN5/c1-14-15(2)25-21(18-7-5-6-12-23-18)26-20(14)24-13-19(27(3)4)16-8-10-17(22)11-9-16/h5-12,19H,13H2,1-4H3,(H,24,25,26). The van der Waals surface area contributed by atoms with E-state index in [0.29, 0.717) is 12.4 Å². The fraction of sp³-hybridized carbons (Fsp3) is 0.286. The van der Waals surface area contributed by atoms with Crippen LogP contribution in [-0.4, -0.2) is 40.5 Å². The summed E-state index contributed by atoms with van der Waals surface area (Å²) in [7, 11) is 4.01. The number of aromatic nitrogens is 3. The third kappa shape index (κ3) is 4.46. The Bertz CT molecular complexity index is 894. The summed E-state index contributed by atoms with van der Waals surface area (Å²) >= 11 is 0. The number of halogens is 1. The molecule has 0 spiro atoms. The van der Waals surface area contributed by atoms with Crippen LogP contribution in [-0.2, 0) is 0 Å². The molecule has 27 heavy (non-hydrogen) atoms. The number of rotatable bonds is 6. The molecule has 3 rings (SSSR count). The fourth-order valence-corrected chi connectivity index (χ4v) is 2.89. The summed E-state index contributed by atoms with van der Waals surface area (Å²) in [4.78, 5) is 15.7. The molecule has 2 aromatic heterocycles. The van der Waals surface area contributed by atoms with E-state index in [2.05, 4.69) is 25.2 Å². The number of aryl methyl sites for hydroxylation is 1. The minimum absolute atomic E-state index is 0.0820. The van der Waals surface area contributed by atoms with Gasteiger partial charge in [0.1, 0.15) is 17.3 Å². The van der Waals surface area contributed by atoms with Crippen molar-refractivity contribution in [2.75, 3.05) is 26.0 Å². The highest BCUT2D eigenvalue weighted by molar-refractivity contribution is 5.56. The highest BCUT2D eigenvalue weighted by Crippen LogP contribution is 2.23. The molecule has 2 heterocycles. The first-order chi connectivity index (χ1) is 13.0. The highest BCUT2D eigenvalue weighted by Gasteiger charge is 2.16. The van der Waals surface area contributed by atoms with E-state index < -0.39 is 0 Å². The lowest BCUT2D eigenvalue weighted by atomic mass is 10.1. The van der Waals surface area contributed by atoms with Crippen LogP contribution in [0.1, 0.15) is 22.9 Å². The highest BCUT2D eigenvalue weighted by atomic mass is 19.1. The summed E-state index contributed by atoms with van der Waals surface area (Å²) in [5.74, 6) is 1.16. The van der Waals surface area contributed by atoms with Gasteiger partial charge in [0.25, 0.3) is 0 Å². The number of nitrogens with one attached hydrogen (secondary N) is 1. The minimum Gasteiger partial charge on any atom is -0.368 e. The van der Waals surface area contributed by atoms with Gasteiger partial charge in [0.05, 0.1) is 6.04 Å².